The maximum absolute atomic E-state index is 13.5. The summed E-state index contributed by atoms with van der Waals surface area (Å²) in [6.45, 7) is 3.76. The van der Waals surface area contributed by atoms with Gasteiger partial charge in [-0.1, -0.05) is 0 Å². The second-order valence-corrected chi connectivity index (χ2v) is 4.83. The van der Waals surface area contributed by atoms with Crippen LogP contribution in [-0.4, -0.2) is 33.9 Å². The van der Waals surface area contributed by atoms with Crippen LogP contribution in [0.1, 0.15) is 24.2 Å². The van der Waals surface area contributed by atoms with E-state index in [1.54, 1.807) is 7.05 Å². The summed E-state index contributed by atoms with van der Waals surface area (Å²) in [6.07, 6.45) is 4.31. The summed E-state index contributed by atoms with van der Waals surface area (Å²) in [5.41, 5.74) is 0.162. The Bertz CT molecular complexity index is 632. The van der Waals surface area contributed by atoms with Crippen molar-refractivity contribution >= 4 is 5.91 Å². The third kappa shape index (κ3) is 3.53. The molecule has 0 radical (unpaired) electrons. The number of amides is 1. The van der Waals surface area contributed by atoms with Crippen LogP contribution < -0.4 is 4.74 Å². The number of nitrogens with zero attached hydrogens (tertiary/aromatic N) is 3. The molecule has 21 heavy (non-hydrogen) atoms. The average Bonchev–Trinajstić information content (AvgIpc) is 2.48. The minimum atomic E-state index is -0.493. The smallest absolute Gasteiger partial charge is 0.257 e. The van der Waals surface area contributed by atoms with Crippen molar-refractivity contribution in [1.29, 1.82) is 0 Å². The highest BCUT2D eigenvalue weighted by Gasteiger charge is 2.20. The van der Waals surface area contributed by atoms with E-state index in [1.165, 1.54) is 41.8 Å². The lowest BCUT2D eigenvalue weighted by Gasteiger charge is -2.22. The number of carbonyl (C=O) groups is 1. The molecule has 5 nitrogen and oxygen atoms in total. The summed E-state index contributed by atoms with van der Waals surface area (Å²) in [4.78, 5) is 21.6. The first kappa shape index (κ1) is 14.9. The third-order valence-electron chi connectivity index (χ3n) is 3.03. The normalized spacial score (nSPS) is 10.5. The van der Waals surface area contributed by atoms with Crippen LogP contribution in [-0.2, 0) is 0 Å². The second-order valence-electron chi connectivity index (χ2n) is 4.83. The van der Waals surface area contributed by atoms with E-state index in [0.29, 0.717) is 5.75 Å². The molecule has 0 N–H and O–H groups in total. The van der Waals surface area contributed by atoms with Crippen LogP contribution in [0.25, 0.3) is 0 Å². The Balaban J connectivity index is 2.36. The summed E-state index contributed by atoms with van der Waals surface area (Å²) in [6, 6.07) is 3.82. The van der Waals surface area contributed by atoms with Crippen molar-refractivity contribution in [1.82, 2.24) is 14.9 Å². The first-order valence-corrected chi connectivity index (χ1v) is 6.48. The molecule has 0 spiro atoms. The molecule has 0 fully saturated rings. The zero-order valence-electron chi connectivity index (χ0n) is 12.1. The Morgan fingerprint density at radius 1 is 1.29 bits per heavy atom. The van der Waals surface area contributed by atoms with E-state index in [1.807, 2.05) is 13.8 Å². The molecule has 0 aliphatic rings. The van der Waals surface area contributed by atoms with Crippen molar-refractivity contribution in [2.75, 3.05) is 7.05 Å². The number of benzene rings is 1. The number of hydrogen-bond donors (Lipinski definition) is 0. The molecule has 0 atom stereocenters. The number of carbonyl (C=O) groups excluding carboxylic acids is 1. The molecule has 0 unspecified atom stereocenters. The molecule has 0 aliphatic heterocycles. The number of rotatable bonds is 4. The highest BCUT2D eigenvalue weighted by Crippen LogP contribution is 2.26. The molecule has 0 bridgehead atoms. The monoisotopic (exact) mass is 289 g/mol. The van der Waals surface area contributed by atoms with Gasteiger partial charge >= 0.3 is 0 Å². The maximum atomic E-state index is 13.5. The number of aromatic nitrogens is 2. The molecule has 1 heterocycles. The Labute approximate surface area is 122 Å². The fourth-order valence-corrected chi connectivity index (χ4v) is 1.65. The van der Waals surface area contributed by atoms with Gasteiger partial charge < -0.3 is 9.64 Å². The van der Waals surface area contributed by atoms with Gasteiger partial charge in [0.25, 0.3) is 5.91 Å². The zero-order valence-corrected chi connectivity index (χ0v) is 12.1. The lowest BCUT2D eigenvalue weighted by molar-refractivity contribution is 0.0752. The number of hydrogen-bond acceptors (Lipinski definition) is 4. The SMILES string of the molecule is CC(C)N(C)C(=O)c1cc(F)ccc1Oc1cncnc1. The molecule has 6 heteroatoms. The van der Waals surface area contributed by atoms with Gasteiger partial charge in [-0.25, -0.2) is 14.4 Å². The Morgan fingerprint density at radius 3 is 2.57 bits per heavy atom. The molecule has 1 aromatic heterocycles. The summed E-state index contributed by atoms with van der Waals surface area (Å²) >= 11 is 0. The topological polar surface area (TPSA) is 55.3 Å². The molecule has 2 aromatic rings. The lowest BCUT2D eigenvalue weighted by atomic mass is 10.1. The van der Waals surface area contributed by atoms with Crippen LogP contribution in [0.15, 0.2) is 36.9 Å². The Morgan fingerprint density at radius 2 is 1.95 bits per heavy atom. The molecule has 0 aliphatic carbocycles. The predicted molar refractivity (Wildman–Crippen MR) is 75.7 cm³/mol. The highest BCUT2D eigenvalue weighted by molar-refractivity contribution is 5.97. The molecule has 2 rings (SSSR count). The molecule has 0 saturated carbocycles. The van der Waals surface area contributed by atoms with Crippen LogP contribution in [0.5, 0.6) is 11.5 Å². The minimum Gasteiger partial charge on any atom is -0.453 e. The quantitative estimate of drug-likeness (QED) is 0.868. The third-order valence-corrected chi connectivity index (χ3v) is 3.03. The van der Waals surface area contributed by atoms with Gasteiger partial charge in [-0.2, -0.15) is 0 Å². The van der Waals surface area contributed by atoms with E-state index in [2.05, 4.69) is 9.97 Å². The Kier molecular flexibility index (Phi) is 4.47. The van der Waals surface area contributed by atoms with E-state index in [4.69, 9.17) is 4.74 Å². The fraction of sp³-hybridized carbons (Fsp3) is 0.267. The maximum Gasteiger partial charge on any atom is 0.257 e. The van der Waals surface area contributed by atoms with Gasteiger partial charge in [-0.05, 0) is 32.0 Å². The van der Waals surface area contributed by atoms with Crippen LogP contribution >= 0.6 is 0 Å². The lowest BCUT2D eigenvalue weighted by Crippen LogP contribution is -2.33. The standard InChI is InChI=1S/C15H16FN3O2/c1-10(2)19(3)15(20)13-6-11(16)4-5-14(13)21-12-7-17-9-18-8-12/h4-10H,1-3H3. The van der Waals surface area contributed by atoms with Crippen molar-refractivity contribution in [2.24, 2.45) is 0 Å². The average molecular weight is 289 g/mol. The van der Waals surface area contributed by atoms with Gasteiger partial charge in [0.05, 0.1) is 18.0 Å². The minimum absolute atomic E-state index is 0.00586. The molecular formula is C15H16FN3O2. The van der Waals surface area contributed by atoms with E-state index in [0.717, 1.165) is 0 Å². The molecular weight excluding hydrogens is 273 g/mol. The van der Waals surface area contributed by atoms with Crippen LogP contribution in [0, 0.1) is 5.82 Å². The number of halogens is 1. The van der Waals surface area contributed by atoms with Crippen LogP contribution in [0.2, 0.25) is 0 Å². The van der Waals surface area contributed by atoms with E-state index in [-0.39, 0.29) is 23.3 Å². The van der Waals surface area contributed by atoms with E-state index >= 15 is 0 Å². The summed E-state index contributed by atoms with van der Waals surface area (Å²) < 4.78 is 19.0. The van der Waals surface area contributed by atoms with Crippen molar-refractivity contribution in [3.8, 4) is 11.5 Å². The van der Waals surface area contributed by atoms with E-state index in [9.17, 15) is 9.18 Å². The Hall–Kier alpha value is -2.50. The van der Waals surface area contributed by atoms with Crippen molar-refractivity contribution < 1.29 is 13.9 Å². The largest absolute Gasteiger partial charge is 0.453 e. The second kappa shape index (κ2) is 6.30. The molecule has 0 saturated heterocycles. The van der Waals surface area contributed by atoms with Crippen LogP contribution in [0.3, 0.4) is 0 Å². The fourth-order valence-electron chi connectivity index (χ4n) is 1.65. The summed E-state index contributed by atoms with van der Waals surface area (Å²) in [5.74, 6) is -0.155. The van der Waals surface area contributed by atoms with Gasteiger partial charge in [0.2, 0.25) is 0 Å². The molecule has 1 aromatic carbocycles. The zero-order chi connectivity index (χ0) is 15.4. The highest BCUT2D eigenvalue weighted by atomic mass is 19.1. The van der Waals surface area contributed by atoms with Gasteiger partial charge in [0.1, 0.15) is 17.9 Å². The van der Waals surface area contributed by atoms with Crippen LogP contribution in [0.4, 0.5) is 4.39 Å². The first-order valence-electron chi connectivity index (χ1n) is 6.48. The van der Waals surface area contributed by atoms with Crippen molar-refractivity contribution in [3.05, 3.63) is 48.3 Å². The van der Waals surface area contributed by atoms with Gasteiger partial charge in [-0.3, -0.25) is 4.79 Å². The summed E-state index contributed by atoms with van der Waals surface area (Å²) in [5, 5.41) is 0. The first-order chi connectivity index (χ1) is 9.99. The van der Waals surface area contributed by atoms with E-state index < -0.39 is 5.82 Å². The number of ether oxygens (including phenoxy) is 1. The van der Waals surface area contributed by atoms with Gasteiger partial charge in [0.15, 0.2) is 5.75 Å². The van der Waals surface area contributed by atoms with Gasteiger partial charge in [-0.15, -0.1) is 0 Å². The molecule has 110 valence electrons. The predicted octanol–water partition coefficient (Wildman–Crippen LogP) is 2.89. The summed E-state index contributed by atoms with van der Waals surface area (Å²) in [7, 11) is 1.66. The van der Waals surface area contributed by atoms with Crippen molar-refractivity contribution in [3.63, 3.8) is 0 Å². The van der Waals surface area contributed by atoms with Gasteiger partial charge in [0, 0.05) is 13.1 Å². The molecule has 1 amide bonds. The van der Waals surface area contributed by atoms with Crippen molar-refractivity contribution in [2.45, 2.75) is 19.9 Å².